The molecule has 0 spiro atoms. The molecule has 0 aliphatic carbocycles. The normalized spacial score (nSPS) is 19.5. The Bertz CT molecular complexity index is 635. The van der Waals surface area contributed by atoms with E-state index in [0.29, 0.717) is 0 Å². The van der Waals surface area contributed by atoms with Gasteiger partial charge < -0.3 is 0 Å². The molecular weight excluding hydrogens is 316 g/mol. The highest BCUT2D eigenvalue weighted by molar-refractivity contribution is 5.70. The van der Waals surface area contributed by atoms with E-state index in [0.717, 1.165) is 13.1 Å². The predicted octanol–water partition coefficient (Wildman–Crippen LogP) is 5.33. The van der Waals surface area contributed by atoms with Gasteiger partial charge in [-0.3, -0.25) is 9.80 Å². The van der Waals surface area contributed by atoms with E-state index in [1.54, 1.807) is 0 Å². The molecule has 2 heterocycles. The average molecular weight is 349 g/mol. The van der Waals surface area contributed by atoms with Crippen molar-refractivity contribution in [1.29, 1.82) is 0 Å². The maximum atomic E-state index is 2.63. The lowest BCUT2D eigenvalue weighted by molar-refractivity contribution is 0.220. The van der Waals surface area contributed by atoms with Crippen LogP contribution in [0.1, 0.15) is 49.7 Å². The van der Waals surface area contributed by atoms with Crippen molar-refractivity contribution in [2.45, 2.75) is 51.6 Å². The van der Waals surface area contributed by atoms with Crippen molar-refractivity contribution < 1.29 is 0 Å². The number of hydrogen-bond acceptors (Lipinski definition) is 2. The van der Waals surface area contributed by atoms with Gasteiger partial charge in [-0.15, -0.1) is 0 Å². The minimum Gasteiger partial charge on any atom is -0.299 e. The molecule has 4 rings (SSSR count). The van der Waals surface area contributed by atoms with E-state index < -0.39 is 0 Å². The van der Waals surface area contributed by atoms with Gasteiger partial charge in [0.2, 0.25) is 0 Å². The Hall–Kier alpha value is -1.64. The number of benzene rings is 2. The van der Waals surface area contributed by atoms with Crippen molar-refractivity contribution in [3.63, 3.8) is 0 Å². The van der Waals surface area contributed by atoms with Crippen LogP contribution in [0.4, 0.5) is 0 Å². The highest BCUT2D eigenvalue weighted by atomic mass is 15.1. The van der Waals surface area contributed by atoms with Gasteiger partial charge in [0, 0.05) is 13.1 Å². The highest BCUT2D eigenvalue weighted by Gasteiger charge is 2.16. The predicted molar refractivity (Wildman–Crippen MR) is 110 cm³/mol. The van der Waals surface area contributed by atoms with Crippen LogP contribution < -0.4 is 0 Å². The Labute approximate surface area is 158 Å². The summed E-state index contributed by atoms with van der Waals surface area (Å²) in [6, 6.07) is 18.1. The van der Waals surface area contributed by atoms with Gasteiger partial charge in [-0.1, -0.05) is 61.4 Å². The van der Waals surface area contributed by atoms with Crippen molar-refractivity contribution in [3.05, 3.63) is 59.7 Å². The van der Waals surface area contributed by atoms with Crippen molar-refractivity contribution >= 4 is 0 Å². The van der Waals surface area contributed by atoms with Crippen molar-refractivity contribution in [1.82, 2.24) is 9.80 Å². The quantitative estimate of drug-likeness (QED) is 0.721. The first-order valence-electron chi connectivity index (χ1n) is 10.5. The van der Waals surface area contributed by atoms with Crippen molar-refractivity contribution in [3.8, 4) is 11.1 Å². The van der Waals surface area contributed by atoms with Crippen LogP contribution in [0.2, 0.25) is 0 Å². The minimum atomic E-state index is 1.09. The summed E-state index contributed by atoms with van der Waals surface area (Å²) in [5.74, 6) is 0. The summed E-state index contributed by atoms with van der Waals surface area (Å²) >= 11 is 0. The Morgan fingerprint density at radius 2 is 0.885 bits per heavy atom. The Morgan fingerprint density at radius 3 is 1.31 bits per heavy atom. The zero-order chi connectivity index (χ0) is 17.6. The molecule has 0 bridgehead atoms. The van der Waals surface area contributed by atoms with Crippen LogP contribution in [0.3, 0.4) is 0 Å². The van der Waals surface area contributed by atoms with Gasteiger partial charge in [0.1, 0.15) is 0 Å². The summed E-state index contributed by atoms with van der Waals surface area (Å²) in [6.07, 6.45) is 8.22. The summed E-state index contributed by atoms with van der Waals surface area (Å²) in [4.78, 5) is 5.27. The van der Waals surface area contributed by atoms with E-state index in [9.17, 15) is 0 Å². The number of rotatable bonds is 5. The van der Waals surface area contributed by atoms with Crippen LogP contribution in [-0.4, -0.2) is 36.0 Å². The van der Waals surface area contributed by atoms with Crippen LogP contribution in [-0.2, 0) is 13.1 Å². The molecule has 2 aliphatic heterocycles. The minimum absolute atomic E-state index is 1.09. The molecule has 0 unspecified atom stereocenters. The van der Waals surface area contributed by atoms with Gasteiger partial charge in [-0.05, 0) is 74.1 Å². The van der Waals surface area contributed by atoms with Crippen LogP contribution in [0, 0.1) is 0 Å². The molecule has 2 aromatic rings. The lowest BCUT2D eigenvalue weighted by atomic mass is 9.94. The molecule has 0 atom stereocenters. The van der Waals surface area contributed by atoms with Crippen molar-refractivity contribution in [2.24, 2.45) is 0 Å². The molecule has 0 saturated carbocycles. The second-order valence-electron chi connectivity index (χ2n) is 7.99. The SMILES string of the molecule is c1ccc(-c2ccccc2CN2CCCCC2)c(CN2CCCCC2)c1. The van der Waals surface area contributed by atoms with Gasteiger partial charge in [0.05, 0.1) is 0 Å². The van der Waals surface area contributed by atoms with Gasteiger partial charge in [-0.2, -0.15) is 0 Å². The molecule has 138 valence electrons. The number of piperidine rings is 2. The van der Waals surface area contributed by atoms with Crippen LogP contribution in [0.25, 0.3) is 11.1 Å². The maximum absolute atomic E-state index is 2.63. The molecule has 2 saturated heterocycles. The third-order valence-corrected chi connectivity index (χ3v) is 6.01. The highest BCUT2D eigenvalue weighted by Crippen LogP contribution is 2.30. The molecule has 0 radical (unpaired) electrons. The van der Waals surface area contributed by atoms with E-state index in [1.165, 1.54) is 87.0 Å². The second kappa shape index (κ2) is 8.83. The average Bonchev–Trinajstić information content (AvgIpc) is 2.71. The van der Waals surface area contributed by atoms with E-state index in [4.69, 9.17) is 0 Å². The smallest absolute Gasteiger partial charge is 0.0239 e. The lowest BCUT2D eigenvalue weighted by Crippen LogP contribution is -2.29. The van der Waals surface area contributed by atoms with Crippen LogP contribution in [0.15, 0.2) is 48.5 Å². The maximum Gasteiger partial charge on any atom is 0.0239 e. The van der Waals surface area contributed by atoms with Gasteiger partial charge >= 0.3 is 0 Å². The van der Waals surface area contributed by atoms with Crippen LogP contribution >= 0.6 is 0 Å². The molecule has 26 heavy (non-hydrogen) atoms. The molecule has 0 N–H and O–H groups in total. The Morgan fingerprint density at radius 1 is 0.500 bits per heavy atom. The van der Waals surface area contributed by atoms with E-state index in [-0.39, 0.29) is 0 Å². The van der Waals surface area contributed by atoms with Crippen molar-refractivity contribution in [2.75, 3.05) is 26.2 Å². The molecule has 2 heteroatoms. The summed E-state index contributed by atoms with van der Waals surface area (Å²) in [5.41, 5.74) is 5.84. The van der Waals surface area contributed by atoms with Gasteiger partial charge in [0.25, 0.3) is 0 Å². The summed E-state index contributed by atoms with van der Waals surface area (Å²) in [6.45, 7) is 7.20. The third kappa shape index (κ3) is 4.36. The molecule has 0 aromatic heterocycles. The van der Waals surface area contributed by atoms with E-state index in [1.807, 2.05) is 0 Å². The van der Waals surface area contributed by atoms with Gasteiger partial charge in [-0.25, -0.2) is 0 Å². The molecule has 2 fully saturated rings. The van der Waals surface area contributed by atoms with Gasteiger partial charge in [0.15, 0.2) is 0 Å². The first-order valence-corrected chi connectivity index (χ1v) is 10.5. The summed E-state index contributed by atoms with van der Waals surface area (Å²) < 4.78 is 0. The number of likely N-dealkylation sites (tertiary alicyclic amines) is 2. The largest absolute Gasteiger partial charge is 0.299 e. The molecule has 2 aromatic carbocycles. The van der Waals surface area contributed by atoms with E-state index >= 15 is 0 Å². The Kier molecular flexibility index (Phi) is 6.03. The standard InChI is InChI=1S/C24H32N2/c1-7-15-25(16-8-1)19-21-11-3-5-13-23(21)24-14-6-4-12-22(24)20-26-17-9-2-10-18-26/h3-6,11-14H,1-2,7-10,15-20H2. The number of nitrogens with zero attached hydrogens (tertiary/aromatic N) is 2. The summed E-state index contributed by atoms with van der Waals surface area (Å²) in [7, 11) is 0. The molecular formula is C24H32N2. The third-order valence-electron chi connectivity index (χ3n) is 6.01. The first kappa shape index (κ1) is 17.8. The summed E-state index contributed by atoms with van der Waals surface area (Å²) in [5, 5.41) is 0. The fraction of sp³-hybridized carbons (Fsp3) is 0.500. The molecule has 2 aliphatic rings. The fourth-order valence-corrected chi connectivity index (χ4v) is 4.56. The fourth-order valence-electron chi connectivity index (χ4n) is 4.56. The first-order chi connectivity index (χ1) is 12.9. The van der Waals surface area contributed by atoms with Crippen LogP contribution in [0.5, 0.6) is 0 Å². The number of hydrogen-bond donors (Lipinski definition) is 0. The zero-order valence-corrected chi connectivity index (χ0v) is 16.0. The lowest BCUT2D eigenvalue weighted by Gasteiger charge is -2.29. The molecule has 2 nitrogen and oxygen atoms in total. The zero-order valence-electron chi connectivity index (χ0n) is 16.0. The molecule has 0 amide bonds. The monoisotopic (exact) mass is 348 g/mol. The topological polar surface area (TPSA) is 6.48 Å². The second-order valence-corrected chi connectivity index (χ2v) is 7.99. The van der Waals surface area contributed by atoms with E-state index in [2.05, 4.69) is 58.3 Å². The Balaban J connectivity index is 1.58.